The highest BCUT2D eigenvalue weighted by molar-refractivity contribution is 5.95. The minimum Gasteiger partial charge on any atom is -0.493 e. The van der Waals surface area contributed by atoms with Crippen LogP contribution in [0.15, 0.2) is 41.5 Å². The normalized spacial score (nSPS) is 12.4. The highest BCUT2D eigenvalue weighted by atomic mass is 19.1. The molecule has 0 bridgehead atoms. The maximum atomic E-state index is 13.5. The molecule has 1 N–H and O–H groups in total. The zero-order valence-electron chi connectivity index (χ0n) is 12.9. The quantitative estimate of drug-likeness (QED) is 0.676. The number of carbonyl (C=O) groups is 1. The molecule has 1 amide bonds. The van der Waals surface area contributed by atoms with E-state index in [0.29, 0.717) is 29.4 Å². The standard InChI is InChI=1S/C17H15FN2O4/c1-2-22-14-8-16-15(23-10-24-16)7-11(14)9-19-20-17(21)12-5-3-4-6-13(12)18/h3-9H,2,10H2,1H3,(H,20,21)/b19-9+. The van der Waals surface area contributed by atoms with Gasteiger partial charge in [-0.15, -0.1) is 0 Å². The third-order valence-electron chi connectivity index (χ3n) is 3.29. The van der Waals surface area contributed by atoms with E-state index in [1.807, 2.05) is 6.92 Å². The second-order valence-corrected chi connectivity index (χ2v) is 4.86. The third-order valence-corrected chi connectivity index (χ3v) is 3.29. The predicted molar refractivity (Wildman–Crippen MR) is 85.2 cm³/mol. The Hall–Kier alpha value is -3.09. The molecule has 0 radical (unpaired) electrons. The molecule has 0 atom stereocenters. The van der Waals surface area contributed by atoms with Crippen LogP contribution in [0, 0.1) is 5.82 Å². The largest absolute Gasteiger partial charge is 0.493 e. The molecule has 3 rings (SSSR count). The number of hydrogen-bond donors (Lipinski definition) is 1. The molecule has 0 unspecified atom stereocenters. The summed E-state index contributed by atoms with van der Waals surface area (Å²) in [6, 6.07) is 9.08. The third kappa shape index (κ3) is 3.29. The first kappa shape index (κ1) is 15.8. The van der Waals surface area contributed by atoms with Gasteiger partial charge in [-0.05, 0) is 25.1 Å². The van der Waals surface area contributed by atoms with Gasteiger partial charge in [0.2, 0.25) is 6.79 Å². The van der Waals surface area contributed by atoms with Gasteiger partial charge in [0.1, 0.15) is 11.6 Å². The van der Waals surface area contributed by atoms with Crippen LogP contribution < -0.4 is 19.6 Å². The molecule has 0 saturated carbocycles. The molecule has 0 fully saturated rings. The number of fused-ring (bicyclic) bond motifs is 1. The van der Waals surface area contributed by atoms with E-state index in [9.17, 15) is 9.18 Å². The lowest BCUT2D eigenvalue weighted by Gasteiger charge is -2.08. The summed E-state index contributed by atoms with van der Waals surface area (Å²) in [6.07, 6.45) is 1.41. The number of carbonyl (C=O) groups excluding carboxylic acids is 1. The molecule has 7 heteroatoms. The fourth-order valence-corrected chi connectivity index (χ4v) is 2.19. The lowest BCUT2D eigenvalue weighted by molar-refractivity contribution is 0.0951. The maximum Gasteiger partial charge on any atom is 0.274 e. The monoisotopic (exact) mass is 330 g/mol. The average molecular weight is 330 g/mol. The number of amides is 1. The first-order chi connectivity index (χ1) is 11.7. The van der Waals surface area contributed by atoms with Crippen molar-refractivity contribution in [2.45, 2.75) is 6.92 Å². The van der Waals surface area contributed by atoms with Gasteiger partial charge in [0, 0.05) is 11.6 Å². The fourth-order valence-electron chi connectivity index (χ4n) is 2.19. The smallest absolute Gasteiger partial charge is 0.274 e. The van der Waals surface area contributed by atoms with Crippen LogP contribution in [-0.4, -0.2) is 25.5 Å². The van der Waals surface area contributed by atoms with Crippen LogP contribution in [0.25, 0.3) is 0 Å². The summed E-state index contributed by atoms with van der Waals surface area (Å²) in [5.41, 5.74) is 2.82. The van der Waals surface area contributed by atoms with Crippen molar-refractivity contribution < 1.29 is 23.4 Å². The summed E-state index contributed by atoms with van der Waals surface area (Å²) in [5, 5.41) is 3.86. The molecule has 24 heavy (non-hydrogen) atoms. The molecular formula is C17H15FN2O4. The van der Waals surface area contributed by atoms with E-state index in [4.69, 9.17) is 14.2 Å². The maximum absolute atomic E-state index is 13.5. The van der Waals surface area contributed by atoms with E-state index in [-0.39, 0.29) is 12.4 Å². The van der Waals surface area contributed by atoms with Crippen LogP contribution in [0.4, 0.5) is 4.39 Å². The van der Waals surface area contributed by atoms with Crippen molar-refractivity contribution in [3.05, 3.63) is 53.3 Å². The molecule has 0 saturated heterocycles. The Morgan fingerprint density at radius 3 is 2.83 bits per heavy atom. The number of rotatable bonds is 5. The van der Waals surface area contributed by atoms with Crippen LogP contribution in [0.1, 0.15) is 22.8 Å². The number of hydrogen-bond acceptors (Lipinski definition) is 5. The summed E-state index contributed by atoms with van der Waals surface area (Å²) >= 11 is 0. The number of benzene rings is 2. The van der Waals surface area contributed by atoms with Gasteiger partial charge in [0.15, 0.2) is 11.5 Å². The van der Waals surface area contributed by atoms with E-state index in [0.717, 1.165) is 0 Å². The van der Waals surface area contributed by atoms with Gasteiger partial charge in [0.25, 0.3) is 5.91 Å². The van der Waals surface area contributed by atoms with Gasteiger partial charge in [-0.25, -0.2) is 9.82 Å². The Balaban J connectivity index is 1.77. The minimum atomic E-state index is -0.636. The van der Waals surface area contributed by atoms with Gasteiger partial charge in [-0.3, -0.25) is 4.79 Å². The van der Waals surface area contributed by atoms with Gasteiger partial charge < -0.3 is 14.2 Å². The Morgan fingerprint density at radius 1 is 1.33 bits per heavy atom. The van der Waals surface area contributed by atoms with Crippen LogP contribution in [0.2, 0.25) is 0 Å². The minimum absolute atomic E-state index is 0.0784. The van der Waals surface area contributed by atoms with Crippen LogP contribution >= 0.6 is 0 Å². The van der Waals surface area contributed by atoms with Crippen molar-refractivity contribution in [3.8, 4) is 17.2 Å². The molecule has 0 aliphatic carbocycles. The van der Waals surface area contributed by atoms with Gasteiger partial charge in [0.05, 0.1) is 18.4 Å². The Kier molecular flexibility index (Phi) is 4.60. The number of halogens is 1. The fraction of sp³-hybridized carbons (Fsp3) is 0.176. The number of ether oxygens (including phenoxy) is 3. The van der Waals surface area contributed by atoms with Gasteiger partial charge >= 0.3 is 0 Å². The lowest BCUT2D eigenvalue weighted by Crippen LogP contribution is -2.19. The van der Waals surface area contributed by atoms with E-state index in [1.54, 1.807) is 18.2 Å². The SMILES string of the molecule is CCOc1cc2c(cc1/C=N/NC(=O)c1ccccc1F)OCO2. The van der Waals surface area contributed by atoms with E-state index in [1.165, 1.54) is 24.4 Å². The lowest BCUT2D eigenvalue weighted by atomic mass is 10.2. The summed E-state index contributed by atoms with van der Waals surface area (Å²) in [4.78, 5) is 11.9. The topological polar surface area (TPSA) is 69.2 Å². The second-order valence-electron chi connectivity index (χ2n) is 4.86. The predicted octanol–water partition coefficient (Wildman–Crippen LogP) is 2.72. The zero-order valence-corrected chi connectivity index (χ0v) is 12.9. The molecule has 2 aromatic carbocycles. The summed E-state index contributed by atoms with van der Waals surface area (Å²) in [6.45, 7) is 2.46. The molecule has 6 nitrogen and oxygen atoms in total. The zero-order chi connectivity index (χ0) is 16.9. The van der Waals surface area contributed by atoms with Crippen LogP contribution in [0.5, 0.6) is 17.2 Å². The average Bonchev–Trinajstić information content (AvgIpc) is 3.02. The molecule has 1 aliphatic rings. The van der Waals surface area contributed by atoms with Gasteiger partial charge in [-0.2, -0.15) is 5.10 Å². The van der Waals surface area contributed by atoms with Crippen molar-refractivity contribution >= 4 is 12.1 Å². The highest BCUT2D eigenvalue weighted by Gasteiger charge is 2.17. The van der Waals surface area contributed by atoms with Crippen molar-refractivity contribution in [1.82, 2.24) is 5.43 Å². The number of nitrogens with one attached hydrogen (secondary N) is 1. The van der Waals surface area contributed by atoms with Crippen molar-refractivity contribution in [3.63, 3.8) is 0 Å². The summed E-state index contributed by atoms with van der Waals surface area (Å²) in [5.74, 6) is 0.461. The highest BCUT2D eigenvalue weighted by Crippen LogP contribution is 2.37. The Bertz CT molecular complexity index is 792. The van der Waals surface area contributed by atoms with Crippen molar-refractivity contribution in [1.29, 1.82) is 0 Å². The van der Waals surface area contributed by atoms with E-state index >= 15 is 0 Å². The summed E-state index contributed by atoms with van der Waals surface area (Å²) < 4.78 is 29.7. The van der Waals surface area contributed by atoms with Crippen molar-refractivity contribution in [2.24, 2.45) is 5.10 Å². The summed E-state index contributed by atoms with van der Waals surface area (Å²) in [7, 11) is 0. The molecule has 1 aliphatic heterocycles. The van der Waals surface area contributed by atoms with Crippen molar-refractivity contribution in [2.75, 3.05) is 13.4 Å². The first-order valence-electron chi connectivity index (χ1n) is 7.33. The van der Waals surface area contributed by atoms with Crippen LogP contribution in [-0.2, 0) is 0 Å². The molecule has 2 aromatic rings. The first-order valence-corrected chi connectivity index (χ1v) is 7.33. The van der Waals surface area contributed by atoms with E-state index in [2.05, 4.69) is 10.5 Å². The Labute approximate surface area is 137 Å². The van der Waals surface area contributed by atoms with Gasteiger partial charge in [-0.1, -0.05) is 12.1 Å². The molecular weight excluding hydrogens is 315 g/mol. The van der Waals surface area contributed by atoms with Crippen LogP contribution in [0.3, 0.4) is 0 Å². The Morgan fingerprint density at radius 2 is 2.08 bits per heavy atom. The number of nitrogens with zero attached hydrogens (tertiary/aromatic N) is 1. The molecule has 0 spiro atoms. The molecule has 124 valence electrons. The molecule has 1 heterocycles. The molecule has 0 aromatic heterocycles. The van der Waals surface area contributed by atoms with E-state index < -0.39 is 11.7 Å². The second kappa shape index (κ2) is 6.99. The number of hydrazone groups is 1.